The van der Waals surface area contributed by atoms with Crippen LogP contribution in [-0.2, 0) is 14.3 Å². The van der Waals surface area contributed by atoms with Gasteiger partial charge >= 0.3 is 12.0 Å². The summed E-state index contributed by atoms with van der Waals surface area (Å²) in [6.45, 7) is 0.873. The fourth-order valence-electron chi connectivity index (χ4n) is 2.81. The number of primary amides is 1. The third-order valence-corrected chi connectivity index (χ3v) is 3.74. The summed E-state index contributed by atoms with van der Waals surface area (Å²) >= 11 is 0. The second-order valence-electron chi connectivity index (χ2n) is 5.11. The highest BCUT2D eigenvalue weighted by atomic mass is 16.5. The number of aliphatic carboxylic acids is 1. The Morgan fingerprint density at radius 3 is 2.80 bits per heavy atom. The third-order valence-electron chi connectivity index (χ3n) is 3.74. The van der Waals surface area contributed by atoms with E-state index in [-0.39, 0.29) is 12.1 Å². The van der Waals surface area contributed by atoms with Crippen molar-refractivity contribution in [1.29, 1.82) is 0 Å². The molecule has 2 rings (SSSR count). The molecule has 0 bridgehead atoms. The smallest absolute Gasteiger partial charge is 0.326 e. The van der Waals surface area contributed by atoms with Gasteiger partial charge in [-0.3, -0.25) is 4.79 Å². The zero-order valence-corrected chi connectivity index (χ0v) is 11.1. The van der Waals surface area contributed by atoms with Crippen LogP contribution in [0.25, 0.3) is 0 Å². The Labute approximate surface area is 116 Å². The summed E-state index contributed by atoms with van der Waals surface area (Å²) in [5.74, 6) is -2.04. The van der Waals surface area contributed by atoms with Gasteiger partial charge in [0.15, 0.2) is 0 Å². The Bertz CT molecular complexity index is 414. The first-order valence-electron chi connectivity index (χ1n) is 6.69. The zero-order valence-electron chi connectivity index (χ0n) is 11.1. The van der Waals surface area contributed by atoms with Gasteiger partial charge in [0.05, 0.1) is 25.2 Å². The van der Waals surface area contributed by atoms with Crippen molar-refractivity contribution < 1.29 is 24.2 Å². The Hall–Kier alpha value is -1.83. The lowest BCUT2D eigenvalue weighted by Crippen LogP contribution is -2.57. The van der Waals surface area contributed by atoms with Crippen molar-refractivity contribution in [3.05, 3.63) is 0 Å². The number of ether oxygens (including phenoxy) is 1. The molecule has 3 unspecified atom stereocenters. The maximum Gasteiger partial charge on any atom is 0.326 e. The number of rotatable bonds is 4. The molecule has 0 aromatic rings. The van der Waals surface area contributed by atoms with Gasteiger partial charge in [-0.05, 0) is 19.3 Å². The molecule has 8 nitrogen and oxygen atoms in total. The van der Waals surface area contributed by atoms with E-state index in [1.54, 1.807) is 4.90 Å². The summed E-state index contributed by atoms with van der Waals surface area (Å²) < 4.78 is 5.59. The normalized spacial score (nSPS) is 26.7. The van der Waals surface area contributed by atoms with Crippen molar-refractivity contribution in [2.24, 2.45) is 5.73 Å². The zero-order chi connectivity index (χ0) is 14.7. The largest absolute Gasteiger partial charge is 0.480 e. The minimum Gasteiger partial charge on any atom is -0.480 e. The van der Waals surface area contributed by atoms with Crippen LogP contribution < -0.4 is 11.1 Å². The van der Waals surface area contributed by atoms with Crippen LogP contribution in [0.4, 0.5) is 4.79 Å². The van der Waals surface area contributed by atoms with Gasteiger partial charge in [-0.2, -0.15) is 0 Å². The number of carbonyl (C=O) groups is 3. The fraction of sp³-hybridized carbons (Fsp3) is 0.750. The lowest BCUT2D eigenvalue weighted by molar-refractivity contribution is -0.141. The average Bonchev–Trinajstić information content (AvgIpc) is 2.84. The van der Waals surface area contributed by atoms with E-state index < -0.39 is 30.4 Å². The molecule has 4 N–H and O–H groups in total. The third kappa shape index (κ3) is 3.19. The monoisotopic (exact) mass is 285 g/mol. The summed E-state index contributed by atoms with van der Waals surface area (Å²) in [4.78, 5) is 35.6. The van der Waals surface area contributed by atoms with E-state index in [1.807, 2.05) is 0 Å². The average molecular weight is 285 g/mol. The maximum atomic E-state index is 12.2. The number of carboxylic acid groups (broad SMARTS) is 1. The lowest BCUT2D eigenvalue weighted by atomic mass is 10.1. The number of amides is 3. The quantitative estimate of drug-likeness (QED) is 0.629. The molecule has 1 saturated carbocycles. The van der Waals surface area contributed by atoms with Gasteiger partial charge in [-0.1, -0.05) is 0 Å². The predicted molar refractivity (Wildman–Crippen MR) is 67.9 cm³/mol. The SMILES string of the molecule is NC(=O)CC(NC(=O)N1CCOC2CCCC21)C(=O)O. The Kier molecular flexibility index (Phi) is 4.43. The number of morpholine rings is 1. The van der Waals surface area contributed by atoms with E-state index in [0.29, 0.717) is 13.2 Å². The van der Waals surface area contributed by atoms with Crippen molar-refractivity contribution in [3.63, 3.8) is 0 Å². The molecule has 112 valence electrons. The first-order chi connectivity index (χ1) is 9.49. The fourth-order valence-corrected chi connectivity index (χ4v) is 2.81. The van der Waals surface area contributed by atoms with E-state index in [4.69, 9.17) is 15.6 Å². The summed E-state index contributed by atoms with van der Waals surface area (Å²) in [6, 6.07) is -1.77. The molecular weight excluding hydrogens is 266 g/mol. The highest BCUT2D eigenvalue weighted by molar-refractivity contribution is 5.87. The lowest BCUT2D eigenvalue weighted by Gasteiger charge is -2.38. The van der Waals surface area contributed by atoms with Crippen LogP contribution in [0.5, 0.6) is 0 Å². The molecule has 2 aliphatic rings. The minimum atomic E-state index is -1.29. The number of nitrogens with one attached hydrogen (secondary N) is 1. The Balaban J connectivity index is 1.98. The standard InChI is InChI=1S/C12H19N3O5/c13-10(16)6-7(11(17)18)14-12(19)15-4-5-20-9-3-1-2-8(9)15/h7-9H,1-6H2,(H2,13,16)(H,14,19)(H,17,18). The van der Waals surface area contributed by atoms with Crippen molar-refractivity contribution in [2.75, 3.05) is 13.2 Å². The van der Waals surface area contributed by atoms with E-state index in [0.717, 1.165) is 19.3 Å². The molecule has 0 radical (unpaired) electrons. The van der Waals surface area contributed by atoms with Gasteiger partial charge < -0.3 is 25.8 Å². The van der Waals surface area contributed by atoms with Gasteiger partial charge in [0, 0.05) is 6.54 Å². The van der Waals surface area contributed by atoms with Crippen LogP contribution in [0.2, 0.25) is 0 Å². The van der Waals surface area contributed by atoms with Crippen molar-refractivity contribution >= 4 is 17.9 Å². The molecule has 2 fully saturated rings. The van der Waals surface area contributed by atoms with Crippen LogP contribution >= 0.6 is 0 Å². The molecule has 3 amide bonds. The van der Waals surface area contributed by atoms with Crippen LogP contribution in [-0.4, -0.2) is 59.3 Å². The maximum absolute atomic E-state index is 12.2. The minimum absolute atomic E-state index is 0.00762. The number of nitrogens with zero attached hydrogens (tertiary/aromatic N) is 1. The number of hydrogen-bond acceptors (Lipinski definition) is 4. The second-order valence-corrected chi connectivity index (χ2v) is 5.11. The number of fused-ring (bicyclic) bond motifs is 1. The first kappa shape index (κ1) is 14.6. The number of carbonyl (C=O) groups excluding carboxylic acids is 2. The van der Waals surface area contributed by atoms with E-state index in [2.05, 4.69) is 5.32 Å². The van der Waals surface area contributed by atoms with Gasteiger partial charge in [-0.15, -0.1) is 0 Å². The molecular formula is C12H19N3O5. The molecule has 1 heterocycles. The van der Waals surface area contributed by atoms with Crippen molar-refractivity contribution in [3.8, 4) is 0 Å². The second kappa shape index (κ2) is 6.08. The van der Waals surface area contributed by atoms with Crippen LogP contribution in [0.3, 0.4) is 0 Å². The van der Waals surface area contributed by atoms with Gasteiger partial charge in [0.1, 0.15) is 6.04 Å². The van der Waals surface area contributed by atoms with Gasteiger partial charge in [0.2, 0.25) is 5.91 Å². The summed E-state index contributed by atoms with van der Waals surface area (Å²) in [7, 11) is 0. The molecule has 1 aliphatic heterocycles. The molecule has 1 saturated heterocycles. The van der Waals surface area contributed by atoms with Crippen molar-refractivity contribution in [2.45, 2.75) is 43.9 Å². The molecule has 3 atom stereocenters. The Morgan fingerprint density at radius 2 is 2.15 bits per heavy atom. The van der Waals surface area contributed by atoms with Crippen LogP contribution in [0.15, 0.2) is 0 Å². The Morgan fingerprint density at radius 1 is 1.40 bits per heavy atom. The predicted octanol–water partition coefficient (Wildman–Crippen LogP) is -0.722. The molecule has 0 aromatic heterocycles. The van der Waals surface area contributed by atoms with Crippen molar-refractivity contribution in [1.82, 2.24) is 10.2 Å². The first-order valence-corrected chi connectivity index (χ1v) is 6.69. The summed E-state index contributed by atoms with van der Waals surface area (Å²) in [6.07, 6.45) is 2.38. The summed E-state index contributed by atoms with van der Waals surface area (Å²) in [5, 5.41) is 11.4. The van der Waals surface area contributed by atoms with E-state index in [1.165, 1.54) is 0 Å². The van der Waals surface area contributed by atoms with Crippen LogP contribution in [0, 0.1) is 0 Å². The van der Waals surface area contributed by atoms with E-state index in [9.17, 15) is 14.4 Å². The number of nitrogens with two attached hydrogens (primary N) is 1. The molecule has 8 heteroatoms. The highest BCUT2D eigenvalue weighted by Crippen LogP contribution is 2.29. The molecule has 0 aromatic carbocycles. The highest BCUT2D eigenvalue weighted by Gasteiger charge is 2.39. The molecule has 1 aliphatic carbocycles. The van der Waals surface area contributed by atoms with Gasteiger partial charge in [0.25, 0.3) is 0 Å². The summed E-state index contributed by atoms with van der Waals surface area (Å²) in [5.41, 5.74) is 4.98. The molecule has 20 heavy (non-hydrogen) atoms. The number of urea groups is 1. The number of hydrogen-bond donors (Lipinski definition) is 3. The molecule has 0 spiro atoms. The van der Waals surface area contributed by atoms with Crippen LogP contribution in [0.1, 0.15) is 25.7 Å². The number of carboxylic acids is 1. The topological polar surface area (TPSA) is 122 Å². The van der Waals surface area contributed by atoms with Gasteiger partial charge in [-0.25, -0.2) is 9.59 Å². The van der Waals surface area contributed by atoms with E-state index >= 15 is 0 Å².